The summed E-state index contributed by atoms with van der Waals surface area (Å²) >= 11 is 0. The first-order valence-electron chi connectivity index (χ1n) is 21.1. The number of hydrogen-bond acceptors (Lipinski definition) is 31. The van der Waals surface area contributed by atoms with Crippen molar-refractivity contribution in [3.8, 4) is 0 Å². The van der Waals surface area contributed by atoms with E-state index >= 15 is 0 Å². The maximum Gasteiger partial charge on any atom is 0.187 e. The highest BCUT2D eigenvalue weighted by molar-refractivity contribution is 4.97. The van der Waals surface area contributed by atoms with Gasteiger partial charge in [0.05, 0.1) is 39.6 Å². The lowest BCUT2D eigenvalue weighted by Gasteiger charge is -2.47. The Balaban J connectivity index is 1.14. The molecule has 31 heteroatoms. The van der Waals surface area contributed by atoms with Crippen molar-refractivity contribution in [1.29, 1.82) is 0 Å². The molecule has 0 bridgehead atoms. The Hall–Kier alpha value is -1.24. The average molecular weight is 991 g/mol. The van der Waals surface area contributed by atoms with Gasteiger partial charge in [0.1, 0.15) is 146 Å². The standard InChI is InChI=1S/C36H62O31/c37-1-7-13(39)20(46)25(51)32(62-7)58-4-10-16(42)22(48)27(53)34(64-10)59-6-12-18(44)30(67-36-28(54)21(47)14(40)8(2-38)63-36)29(55)35(66-12)60-5-11-17(43)23(49)26(52)33(65-11)57-3-9-15(41)19(45)24(50)31(56)61-9/h7-56H,1-6H2/t7-,8-,9-,10-,11-,12-,13-,14-,15-,16-,17-,18-,19+,20+,21+,22+,23+,24-,25-,26-,27-,28-,29-,30+,31-,32-,33-,34-,35-,36+/m1/s1. The van der Waals surface area contributed by atoms with Gasteiger partial charge in [-0.1, -0.05) is 0 Å². The molecular formula is C36H62O31. The van der Waals surface area contributed by atoms with E-state index in [0.29, 0.717) is 0 Å². The fraction of sp³-hybridized carbons (Fsp3) is 1.00. The zero-order chi connectivity index (χ0) is 49.3. The number of hydrogen-bond donors (Lipinski definition) is 20. The zero-order valence-corrected chi connectivity index (χ0v) is 35.0. The minimum Gasteiger partial charge on any atom is -0.394 e. The van der Waals surface area contributed by atoms with E-state index in [1.165, 1.54) is 0 Å². The van der Waals surface area contributed by atoms with Gasteiger partial charge in [0, 0.05) is 0 Å². The molecule has 6 aliphatic heterocycles. The van der Waals surface area contributed by atoms with Gasteiger partial charge in [-0.25, -0.2) is 0 Å². The molecule has 6 saturated heterocycles. The van der Waals surface area contributed by atoms with Crippen LogP contribution in [0, 0.1) is 0 Å². The van der Waals surface area contributed by atoms with Crippen LogP contribution in [-0.2, 0) is 52.1 Å². The second-order valence-corrected chi connectivity index (χ2v) is 16.9. The lowest BCUT2D eigenvalue weighted by molar-refractivity contribution is -0.372. The van der Waals surface area contributed by atoms with Gasteiger partial charge in [-0.05, 0) is 0 Å². The topological polar surface area (TPSA) is 506 Å². The second kappa shape index (κ2) is 23.5. The summed E-state index contributed by atoms with van der Waals surface area (Å²) in [6.45, 7) is -4.92. The van der Waals surface area contributed by atoms with Crippen LogP contribution in [0.5, 0.6) is 0 Å². The van der Waals surface area contributed by atoms with E-state index in [2.05, 4.69) is 0 Å². The summed E-state index contributed by atoms with van der Waals surface area (Å²) in [6, 6.07) is 0. The third-order valence-electron chi connectivity index (χ3n) is 12.4. The Kier molecular flexibility index (Phi) is 19.4. The molecule has 392 valence electrons. The van der Waals surface area contributed by atoms with Gasteiger partial charge in [0.15, 0.2) is 37.7 Å². The van der Waals surface area contributed by atoms with Crippen LogP contribution in [0.25, 0.3) is 0 Å². The van der Waals surface area contributed by atoms with Crippen LogP contribution in [0.2, 0.25) is 0 Å². The molecule has 0 amide bonds. The van der Waals surface area contributed by atoms with Crippen LogP contribution >= 0.6 is 0 Å². The first-order valence-corrected chi connectivity index (χ1v) is 21.1. The van der Waals surface area contributed by atoms with Crippen LogP contribution in [0.15, 0.2) is 0 Å². The molecule has 0 spiro atoms. The zero-order valence-electron chi connectivity index (χ0n) is 35.0. The number of aliphatic hydroxyl groups excluding tert-OH is 20. The highest BCUT2D eigenvalue weighted by Crippen LogP contribution is 2.33. The molecule has 6 aliphatic rings. The molecule has 0 aromatic rings. The van der Waals surface area contributed by atoms with Gasteiger partial charge in [0.25, 0.3) is 0 Å². The fourth-order valence-corrected chi connectivity index (χ4v) is 8.09. The second-order valence-electron chi connectivity index (χ2n) is 16.9. The quantitative estimate of drug-likeness (QED) is 0.0683. The summed E-state index contributed by atoms with van der Waals surface area (Å²) in [4.78, 5) is 0. The Labute approximate surface area is 378 Å². The van der Waals surface area contributed by atoms with Crippen LogP contribution in [0.4, 0.5) is 0 Å². The van der Waals surface area contributed by atoms with Crippen molar-refractivity contribution in [3.05, 3.63) is 0 Å². The maximum atomic E-state index is 11.5. The van der Waals surface area contributed by atoms with E-state index in [1.807, 2.05) is 0 Å². The van der Waals surface area contributed by atoms with Gasteiger partial charge in [0.2, 0.25) is 0 Å². The molecule has 0 unspecified atom stereocenters. The number of ether oxygens (including phenoxy) is 11. The Bertz CT molecular complexity index is 1510. The van der Waals surface area contributed by atoms with Crippen LogP contribution in [0.1, 0.15) is 0 Å². The minimum absolute atomic E-state index is 0.734. The van der Waals surface area contributed by atoms with Gasteiger partial charge in [-0.3, -0.25) is 0 Å². The predicted molar refractivity (Wildman–Crippen MR) is 199 cm³/mol. The van der Waals surface area contributed by atoms with E-state index in [9.17, 15) is 102 Å². The smallest absolute Gasteiger partial charge is 0.187 e. The molecule has 30 atom stereocenters. The molecule has 0 aromatic heterocycles. The van der Waals surface area contributed by atoms with Gasteiger partial charge >= 0.3 is 0 Å². The van der Waals surface area contributed by atoms with Crippen molar-refractivity contribution < 1.29 is 154 Å². The third-order valence-corrected chi connectivity index (χ3v) is 12.4. The van der Waals surface area contributed by atoms with Gasteiger partial charge < -0.3 is 154 Å². The summed E-state index contributed by atoms with van der Waals surface area (Å²) in [5.41, 5.74) is 0. The van der Waals surface area contributed by atoms with E-state index in [4.69, 9.17) is 52.1 Å². The summed E-state index contributed by atoms with van der Waals surface area (Å²) in [5, 5.41) is 208. The molecule has 20 N–H and O–H groups in total. The van der Waals surface area contributed by atoms with Crippen LogP contribution in [-0.4, -0.2) is 326 Å². The highest BCUT2D eigenvalue weighted by atomic mass is 16.8. The maximum absolute atomic E-state index is 11.5. The highest BCUT2D eigenvalue weighted by Gasteiger charge is 2.54. The average Bonchev–Trinajstić information content (AvgIpc) is 3.31. The summed E-state index contributed by atoms with van der Waals surface area (Å²) in [6.07, 6.45) is -55.8. The van der Waals surface area contributed by atoms with E-state index < -0.39 is 224 Å². The summed E-state index contributed by atoms with van der Waals surface area (Å²) < 4.78 is 60.4. The molecule has 31 nitrogen and oxygen atoms in total. The third kappa shape index (κ3) is 11.8. The predicted octanol–water partition coefficient (Wildman–Crippen LogP) is -14.1. The van der Waals surface area contributed by atoms with Crippen molar-refractivity contribution in [3.63, 3.8) is 0 Å². The molecule has 0 saturated carbocycles. The molecule has 6 fully saturated rings. The summed E-state index contributed by atoms with van der Waals surface area (Å²) in [7, 11) is 0. The Morgan fingerprint density at radius 3 is 0.896 bits per heavy atom. The number of rotatable bonds is 16. The SMILES string of the molecule is OC[C@H]1O[C@@H](OC[C@H]2O[C@@H](OC[C@H]3O[C@@H](OC[C@H]4O[C@@H](OC[C@H]5O[C@@H](O)[C@H](O)[C@@H](O)[C@@H]5O)[C@H](O)[C@@H](O)[C@@H]4O)[C@H](O)[C@@H](O[C@@H]4O[C@H](CO)[C@@H](O)[C@H](O)[C@H]4O)[C@@H]3O)[C@H](O)[C@@H](O)[C@@H]2O)[C@H](O)[C@@H](O)[C@@H]1O. The largest absolute Gasteiger partial charge is 0.394 e. The molecular weight excluding hydrogens is 928 g/mol. The van der Waals surface area contributed by atoms with E-state index in [-0.39, 0.29) is 0 Å². The van der Waals surface area contributed by atoms with Crippen molar-refractivity contribution in [2.24, 2.45) is 0 Å². The van der Waals surface area contributed by atoms with Crippen LogP contribution in [0.3, 0.4) is 0 Å². The van der Waals surface area contributed by atoms with Gasteiger partial charge in [-0.15, -0.1) is 0 Å². The van der Waals surface area contributed by atoms with Gasteiger partial charge in [-0.2, -0.15) is 0 Å². The van der Waals surface area contributed by atoms with E-state index in [1.54, 1.807) is 0 Å². The molecule has 6 rings (SSSR count). The molecule has 0 radical (unpaired) electrons. The number of aliphatic hydroxyl groups is 20. The van der Waals surface area contributed by atoms with Crippen LogP contribution < -0.4 is 0 Å². The molecule has 0 aliphatic carbocycles. The monoisotopic (exact) mass is 990 g/mol. The molecule has 67 heavy (non-hydrogen) atoms. The molecule has 6 heterocycles. The lowest BCUT2D eigenvalue weighted by Crippen LogP contribution is -2.65. The fourth-order valence-electron chi connectivity index (χ4n) is 8.09. The lowest BCUT2D eigenvalue weighted by atomic mass is 9.96. The summed E-state index contributed by atoms with van der Waals surface area (Å²) in [5.74, 6) is 0. The first kappa shape index (κ1) is 55.1. The van der Waals surface area contributed by atoms with Crippen molar-refractivity contribution in [1.82, 2.24) is 0 Å². The van der Waals surface area contributed by atoms with Crippen molar-refractivity contribution in [2.75, 3.05) is 39.6 Å². The van der Waals surface area contributed by atoms with E-state index in [0.717, 1.165) is 0 Å². The minimum atomic E-state index is -2.13. The molecule has 0 aromatic carbocycles. The van der Waals surface area contributed by atoms with Crippen molar-refractivity contribution in [2.45, 2.75) is 184 Å². The normalized spacial score (nSPS) is 53.4. The Morgan fingerprint density at radius 1 is 0.254 bits per heavy atom. The van der Waals surface area contributed by atoms with Crippen molar-refractivity contribution >= 4 is 0 Å². The Morgan fingerprint density at radius 2 is 0.522 bits per heavy atom. The first-order chi connectivity index (χ1) is 31.6.